The Morgan fingerprint density at radius 3 is 1.47 bits per heavy atom. The first-order valence-electron chi connectivity index (χ1n) is 26.4. The summed E-state index contributed by atoms with van der Waals surface area (Å²) in [5.74, 6) is -4.16. The zero-order valence-electron chi connectivity index (χ0n) is 42.4. The highest BCUT2D eigenvalue weighted by Crippen LogP contribution is 2.77. The molecule has 0 unspecified atom stereocenters. The van der Waals surface area contributed by atoms with Crippen molar-refractivity contribution in [2.45, 2.75) is 115 Å². The molecule has 0 radical (unpaired) electrons. The number of carboxylic acid groups (broad SMARTS) is 1. The van der Waals surface area contributed by atoms with Crippen LogP contribution in [0.1, 0.15) is 77.3 Å². The average molecular weight is 1060 g/mol. The molecule has 0 spiro atoms. The number of benzene rings is 2. The summed E-state index contributed by atoms with van der Waals surface area (Å²) < 4.78 is 66.2. The predicted molar refractivity (Wildman–Crippen MR) is 274 cm³/mol. The van der Waals surface area contributed by atoms with Gasteiger partial charge in [-0.3, -0.25) is 29.0 Å². The second-order valence-corrected chi connectivity index (χ2v) is 26.2. The highest BCUT2D eigenvalue weighted by molar-refractivity contribution is 8.14. The minimum absolute atomic E-state index is 0.000756. The molecule has 396 valence electrons. The zero-order valence-corrected chi connectivity index (χ0v) is 43.9. The SMILES string of the molecule is C[C@]12C=CC(=O)C=C1[C@@H](F)C[C@H]1[C@@H]3C[C@H]4CN(Cc5ccccc5)C[C@@]4(C(=O)O)[C@@]3(C)C[C@H](O)[C@@]12F.C[C@]12C=CC(=O)C=C1[C@@H](F)C[C@H]1[C@@H]3C[C@H]4CN(Cc5ccccc5)C[C@@]4(C(=O)SCCl)[C@@]3(C)C[C@H](O)[C@@]12F. The van der Waals surface area contributed by atoms with Gasteiger partial charge in [-0.15, -0.1) is 11.6 Å². The number of aliphatic hydroxyl groups excluding tert-OH is 2. The van der Waals surface area contributed by atoms with Crippen molar-refractivity contribution >= 4 is 46.0 Å². The lowest BCUT2D eigenvalue weighted by Gasteiger charge is -2.63. The summed E-state index contributed by atoms with van der Waals surface area (Å²) in [5.41, 5.74) is -8.24. The lowest BCUT2D eigenvalue weighted by molar-refractivity contribution is -0.215. The topological polar surface area (TPSA) is 135 Å². The molecule has 12 rings (SSSR count). The van der Waals surface area contributed by atoms with E-state index in [0.717, 1.165) is 22.9 Å². The lowest BCUT2D eigenvalue weighted by atomic mass is 9.43. The zero-order chi connectivity index (χ0) is 52.8. The van der Waals surface area contributed by atoms with Crippen molar-refractivity contribution in [3.8, 4) is 0 Å². The maximum atomic E-state index is 17.5. The highest BCUT2D eigenvalue weighted by Gasteiger charge is 2.80. The molecule has 2 saturated heterocycles. The summed E-state index contributed by atoms with van der Waals surface area (Å²) >= 11 is 7.16. The Hall–Kier alpha value is -3.92. The van der Waals surface area contributed by atoms with E-state index in [9.17, 15) is 34.5 Å². The number of aliphatic hydroxyl groups is 2. The first-order valence-corrected chi connectivity index (χ1v) is 27.9. The van der Waals surface area contributed by atoms with Crippen LogP contribution in [-0.2, 0) is 32.3 Å². The van der Waals surface area contributed by atoms with Crippen LogP contribution in [-0.4, -0.2) is 115 Å². The number of aliphatic carboxylic acids is 1. The highest BCUT2D eigenvalue weighted by atomic mass is 35.5. The summed E-state index contributed by atoms with van der Waals surface area (Å²) in [5, 5.41) is 34.0. The monoisotopic (exact) mass is 1060 g/mol. The van der Waals surface area contributed by atoms with Gasteiger partial charge in [0.25, 0.3) is 0 Å². The fourth-order valence-electron chi connectivity index (χ4n) is 18.5. The Balaban J connectivity index is 0.000000159. The van der Waals surface area contributed by atoms with E-state index < -0.39 is 86.2 Å². The fraction of sp³-hybridized carbons (Fsp3) is 0.593. The number of rotatable bonds is 7. The van der Waals surface area contributed by atoms with Gasteiger partial charge in [-0.25, -0.2) is 17.6 Å². The van der Waals surface area contributed by atoms with Crippen molar-refractivity contribution in [1.82, 2.24) is 9.80 Å². The summed E-state index contributed by atoms with van der Waals surface area (Å²) in [4.78, 5) is 55.6. The smallest absolute Gasteiger partial charge is 0.311 e. The van der Waals surface area contributed by atoms with Crippen molar-refractivity contribution in [3.05, 3.63) is 119 Å². The van der Waals surface area contributed by atoms with Gasteiger partial charge < -0.3 is 15.3 Å². The van der Waals surface area contributed by atoms with E-state index >= 15 is 17.6 Å². The molecule has 18 atom stereocenters. The molecule has 15 heteroatoms. The van der Waals surface area contributed by atoms with Crippen molar-refractivity contribution in [2.75, 3.05) is 31.4 Å². The van der Waals surface area contributed by atoms with Crippen molar-refractivity contribution < 1.29 is 52.1 Å². The number of halogens is 5. The summed E-state index contributed by atoms with van der Waals surface area (Å²) in [6.07, 6.45) is 2.96. The minimum Gasteiger partial charge on any atom is -0.481 e. The van der Waals surface area contributed by atoms with Crippen LogP contribution >= 0.6 is 23.4 Å². The van der Waals surface area contributed by atoms with Crippen LogP contribution in [0.2, 0.25) is 0 Å². The maximum absolute atomic E-state index is 17.5. The van der Waals surface area contributed by atoms with Crippen molar-refractivity contribution in [1.29, 1.82) is 0 Å². The number of ketones is 2. The molecule has 2 heterocycles. The largest absolute Gasteiger partial charge is 0.481 e. The molecule has 0 bridgehead atoms. The van der Waals surface area contributed by atoms with Crippen LogP contribution < -0.4 is 0 Å². The molecular formula is C59H67ClF4N2O7S. The van der Waals surface area contributed by atoms with E-state index in [1.54, 1.807) is 13.8 Å². The number of nitrogens with zero attached hydrogens (tertiary/aromatic N) is 2. The summed E-state index contributed by atoms with van der Waals surface area (Å²) in [6.45, 7) is 10.5. The standard InChI is InChI=1S/C30H34ClF2NO3S.C29H33F2NO4/c1-27-9-8-20(35)11-23(27)24(32)12-22-21-10-19-15-34(14-18-6-4-3-5-7-18)16-29(19,26(37)38-17-31)28(21,2)13-25(36)30(22,27)33;1-26-9-8-19(33)11-22(26)23(30)12-21-20-10-18-15-32(14-17-6-4-3-5-7-17)16-28(18,25(35)36)27(20,2)13-24(34)29(21,26)31/h3-9,11,19,21-22,24-25,36H,10,12-17H2,1-2H3;3-9,11,18,20-21,23-24,34H,10,12-16H2,1-2H3,(H,35,36)/t19-,21-,22-,24-,25-,27-,28-,29+,30-;18-,20-,21-,23-,24-,26-,27-,28+,29-/m00/s1. The molecular weight excluding hydrogens is 992 g/mol. The van der Waals surface area contributed by atoms with Crippen LogP contribution in [0.25, 0.3) is 0 Å². The first-order chi connectivity index (χ1) is 35.0. The van der Waals surface area contributed by atoms with Crippen LogP contribution in [0.4, 0.5) is 17.6 Å². The number of carbonyl (C=O) groups excluding carboxylic acids is 3. The molecule has 10 aliphatic rings. The number of hydrogen-bond acceptors (Lipinski definition) is 9. The number of hydrogen-bond donors (Lipinski definition) is 3. The van der Waals surface area contributed by atoms with Gasteiger partial charge in [0, 0.05) is 61.9 Å². The van der Waals surface area contributed by atoms with Crippen molar-refractivity contribution in [2.24, 2.45) is 68.0 Å². The molecule has 6 saturated carbocycles. The molecule has 0 aromatic heterocycles. The van der Waals surface area contributed by atoms with Gasteiger partial charge in [0.15, 0.2) is 28.0 Å². The van der Waals surface area contributed by atoms with E-state index in [1.165, 1.54) is 36.5 Å². The number of fused-ring (bicyclic) bond motifs is 14. The van der Waals surface area contributed by atoms with Crippen LogP contribution in [0, 0.1) is 68.0 Å². The Morgan fingerprint density at radius 1 is 0.649 bits per heavy atom. The normalized spacial score (nSPS) is 46.6. The second-order valence-electron chi connectivity index (χ2n) is 24.7. The predicted octanol–water partition coefficient (Wildman–Crippen LogP) is 9.61. The van der Waals surface area contributed by atoms with E-state index in [-0.39, 0.29) is 82.4 Å². The van der Waals surface area contributed by atoms with Gasteiger partial charge in [0.1, 0.15) is 12.3 Å². The third-order valence-corrected chi connectivity index (χ3v) is 22.9. The van der Waals surface area contributed by atoms with E-state index in [4.69, 9.17) is 11.6 Å². The molecule has 3 N–H and O–H groups in total. The first kappa shape index (κ1) is 52.1. The Bertz CT molecular complexity index is 2790. The van der Waals surface area contributed by atoms with E-state index in [0.29, 0.717) is 52.1 Å². The van der Waals surface area contributed by atoms with Gasteiger partial charge in [-0.2, -0.15) is 0 Å². The summed E-state index contributed by atoms with van der Waals surface area (Å²) in [6, 6.07) is 20.0. The molecule has 8 fully saturated rings. The number of carbonyl (C=O) groups is 4. The van der Waals surface area contributed by atoms with Gasteiger partial charge in [-0.1, -0.05) is 98.4 Å². The number of allylic oxidation sites excluding steroid dienone is 8. The van der Waals surface area contributed by atoms with Crippen LogP contribution in [0.3, 0.4) is 0 Å². The number of likely N-dealkylation sites (tertiary alicyclic amines) is 2. The Labute approximate surface area is 439 Å². The van der Waals surface area contributed by atoms with E-state index in [2.05, 4.69) is 21.9 Å². The fourth-order valence-corrected chi connectivity index (χ4v) is 19.7. The number of thioether (sulfide) groups is 1. The number of carboxylic acids is 1. The Morgan fingerprint density at radius 2 is 1.05 bits per heavy atom. The molecule has 2 aromatic rings. The van der Waals surface area contributed by atoms with Gasteiger partial charge >= 0.3 is 5.97 Å². The van der Waals surface area contributed by atoms with E-state index in [1.807, 2.05) is 62.4 Å². The Kier molecular flexibility index (Phi) is 12.6. The van der Waals surface area contributed by atoms with Gasteiger partial charge in [-0.05, 0) is 133 Å². The molecule has 2 aromatic carbocycles. The molecule has 2 aliphatic heterocycles. The molecule has 9 nitrogen and oxygen atoms in total. The number of alkyl halides is 5. The van der Waals surface area contributed by atoms with Crippen LogP contribution in [0.15, 0.2) is 108 Å². The van der Waals surface area contributed by atoms with Crippen molar-refractivity contribution in [3.63, 3.8) is 0 Å². The molecule has 0 amide bonds. The maximum Gasteiger partial charge on any atom is 0.311 e. The molecule has 74 heavy (non-hydrogen) atoms. The van der Waals surface area contributed by atoms with Crippen LogP contribution in [0.5, 0.6) is 0 Å². The average Bonchev–Trinajstić information content (AvgIpc) is 4.05. The third kappa shape index (κ3) is 6.88. The molecule has 8 aliphatic carbocycles. The van der Waals surface area contributed by atoms with Gasteiger partial charge in [0.2, 0.25) is 0 Å². The van der Waals surface area contributed by atoms with Gasteiger partial charge in [0.05, 0.1) is 28.2 Å². The lowest BCUT2D eigenvalue weighted by Crippen LogP contribution is -2.69. The quantitative estimate of drug-likeness (QED) is 0.182. The minimum atomic E-state index is -2.18. The summed E-state index contributed by atoms with van der Waals surface area (Å²) in [7, 11) is 0. The third-order valence-electron chi connectivity index (χ3n) is 21.9. The second kappa shape index (κ2) is 17.8.